The molecule has 4 heteroatoms. The predicted molar refractivity (Wildman–Crippen MR) is 75.2 cm³/mol. The van der Waals surface area contributed by atoms with Crippen molar-refractivity contribution in [3.05, 3.63) is 29.8 Å². The molecule has 0 aliphatic carbocycles. The number of rotatable bonds is 3. The van der Waals surface area contributed by atoms with Gasteiger partial charge in [0.2, 0.25) is 5.91 Å². The van der Waals surface area contributed by atoms with Gasteiger partial charge in [0.25, 0.3) is 0 Å². The number of carbonyl (C=O) groups excluding carboxylic acids is 1. The molecule has 0 spiro atoms. The van der Waals surface area contributed by atoms with E-state index in [1.165, 1.54) is 12.5 Å². The van der Waals surface area contributed by atoms with Crippen LogP contribution in [0.15, 0.2) is 24.3 Å². The summed E-state index contributed by atoms with van der Waals surface area (Å²) >= 11 is 4.98. The molecule has 1 aromatic rings. The van der Waals surface area contributed by atoms with Crippen molar-refractivity contribution in [1.29, 1.82) is 0 Å². The van der Waals surface area contributed by atoms with Gasteiger partial charge in [-0.25, -0.2) is 0 Å². The summed E-state index contributed by atoms with van der Waals surface area (Å²) < 4.78 is 0. The minimum atomic E-state index is -0.168. The molecule has 1 atom stereocenters. The van der Waals surface area contributed by atoms with Crippen molar-refractivity contribution in [1.82, 2.24) is 5.32 Å². The molecule has 0 aliphatic rings. The largest absolute Gasteiger partial charge is 0.332 e. The summed E-state index contributed by atoms with van der Waals surface area (Å²) in [6, 6.07) is 8.09. The first-order chi connectivity index (χ1) is 8.02. The highest BCUT2D eigenvalue weighted by Crippen LogP contribution is 2.20. The average Bonchev–Trinajstić information content (AvgIpc) is 2.28. The second kappa shape index (κ2) is 6.35. The lowest BCUT2D eigenvalue weighted by Gasteiger charge is -2.11. The van der Waals surface area contributed by atoms with Gasteiger partial charge in [-0.05, 0) is 42.3 Å². The molecule has 0 saturated carbocycles. The van der Waals surface area contributed by atoms with Crippen LogP contribution in [0, 0.1) is 0 Å². The maximum atomic E-state index is 10.8. The predicted octanol–water partition coefficient (Wildman–Crippen LogP) is 3.03. The molecule has 3 nitrogen and oxygen atoms in total. The number of hydrogen-bond acceptors (Lipinski definition) is 2. The molecule has 1 aromatic carbocycles. The van der Waals surface area contributed by atoms with Crippen LogP contribution >= 0.6 is 12.2 Å². The average molecular weight is 250 g/mol. The van der Waals surface area contributed by atoms with Crippen molar-refractivity contribution < 1.29 is 4.79 Å². The van der Waals surface area contributed by atoms with E-state index in [0.717, 1.165) is 12.1 Å². The normalized spacial score (nSPS) is 11.7. The third kappa shape index (κ3) is 4.53. The minimum Gasteiger partial charge on any atom is -0.332 e. The van der Waals surface area contributed by atoms with E-state index in [-0.39, 0.29) is 5.91 Å². The van der Waals surface area contributed by atoms with E-state index in [2.05, 4.69) is 36.6 Å². The monoisotopic (exact) mass is 250 g/mol. The van der Waals surface area contributed by atoms with Crippen molar-refractivity contribution in [2.45, 2.75) is 33.1 Å². The van der Waals surface area contributed by atoms with E-state index in [9.17, 15) is 4.79 Å². The van der Waals surface area contributed by atoms with E-state index in [1.54, 1.807) is 0 Å². The van der Waals surface area contributed by atoms with Gasteiger partial charge in [0.1, 0.15) is 0 Å². The molecule has 0 bridgehead atoms. The number of carbonyl (C=O) groups is 1. The lowest BCUT2D eigenvalue weighted by Crippen LogP contribution is -2.32. The summed E-state index contributed by atoms with van der Waals surface area (Å²) in [4.78, 5) is 10.8. The van der Waals surface area contributed by atoms with Gasteiger partial charge in [-0.1, -0.05) is 26.0 Å². The van der Waals surface area contributed by atoms with Gasteiger partial charge in [-0.3, -0.25) is 4.79 Å². The van der Waals surface area contributed by atoms with Gasteiger partial charge in [-0.2, -0.15) is 0 Å². The Morgan fingerprint density at radius 2 is 1.94 bits per heavy atom. The fraction of sp³-hybridized carbons (Fsp3) is 0.385. The standard InChI is InChI=1S/C13H18N2OS/c1-4-9(2)11-5-7-12(8-6-11)15-13(17)14-10(3)16/h5-9H,4H2,1-3H3,(H2,14,15,16,17)/t9-/m1/s1. The van der Waals surface area contributed by atoms with Crippen LogP contribution in [-0.4, -0.2) is 11.0 Å². The van der Waals surface area contributed by atoms with Crippen LogP contribution in [-0.2, 0) is 4.79 Å². The number of amides is 1. The topological polar surface area (TPSA) is 41.1 Å². The summed E-state index contributed by atoms with van der Waals surface area (Å²) in [6.07, 6.45) is 1.12. The molecule has 0 saturated heterocycles. The summed E-state index contributed by atoms with van der Waals surface area (Å²) in [5.41, 5.74) is 2.19. The smallest absolute Gasteiger partial charge is 0.222 e. The highest BCUT2D eigenvalue weighted by molar-refractivity contribution is 7.80. The van der Waals surface area contributed by atoms with Gasteiger partial charge in [-0.15, -0.1) is 0 Å². The Morgan fingerprint density at radius 3 is 2.41 bits per heavy atom. The fourth-order valence-electron chi connectivity index (χ4n) is 1.45. The number of thiocarbonyl (C=S) groups is 1. The first kappa shape index (κ1) is 13.6. The zero-order valence-corrected chi connectivity index (χ0v) is 11.2. The number of hydrogen-bond donors (Lipinski definition) is 2. The molecule has 0 radical (unpaired) electrons. The summed E-state index contributed by atoms with van der Waals surface area (Å²) in [6.45, 7) is 5.80. The Hall–Kier alpha value is -1.42. The van der Waals surface area contributed by atoms with Gasteiger partial charge < -0.3 is 10.6 Å². The van der Waals surface area contributed by atoms with E-state index in [0.29, 0.717) is 11.0 Å². The van der Waals surface area contributed by atoms with E-state index < -0.39 is 0 Å². The highest BCUT2D eigenvalue weighted by Gasteiger charge is 2.03. The summed E-state index contributed by atoms with van der Waals surface area (Å²) in [5.74, 6) is 0.394. The van der Waals surface area contributed by atoms with Crippen LogP contribution in [0.3, 0.4) is 0 Å². The minimum absolute atomic E-state index is 0.168. The molecule has 1 amide bonds. The molecular formula is C13H18N2OS. The van der Waals surface area contributed by atoms with Crippen molar-refractivity contribution in [2.75, 3.05) is 5.32 Å². The van der Waals surface area contributed by atoms with Crippen LogP contribution in [0.25, 0.3) is 0 Å². The first-order valence-corrected chi connectivity index (χ1v) is 6.12. The molecule has 17 heavy (non-hydrogen) atoms. The van der Waals surface area contributed by atoms with Crippen molar-refractivity contribution in [2.24, 2.45) is 0 Å². The van der Waals surface area contributed by atoms with Gasteiger partial charge in [0.15, 0.2) is 5.11 Å². The van der Waals surface area contributed by atoms with Crippen LogP contribution in [0.2, 0.25) is 0 Å². The number of nitrogens with one attached hydrogen (secondary N) is 2. The molecule has 2 N–H and O–H groups in total. The molecule has 0 aliphatic heterocycles. The zero-order valence-electron chi connectivity index (χ0n) is 10.4. The Balaban J connectivity index is 2.62. The summed E-state index contributed by atoms with van der Waals surface area (Å²) in [5, 5.41) is 5.81. The Labute approximate surface area is 108 Å². The van der Waals surface area contributed by atoms with Crippen LogP contribution in [0.5, 0.6) is 0 Å². The lowest BCUT2D eigenvalue weighted by molar-refractivity contribution is -0.117. The maximum Gasteiger partial charge on any atom is 0.222 e. The van der Waals surface area contributed by atoms with Crippen LogP contribution in [0.1, 0.15) is 38.7 Å². The highest BCUT2D eigenvalue weighted by atomic mass is 32.1. The second-order valence-electron chi connectivity index (χ2n) is 4.07. The van der Waals surface area contributed by atoms with Gasteiger partial charge in [0.05, 0.1) is 0 Å². The summed E-state index contributed by atoms with van der Waals surface area (Å²) in [7, 11) is 0. The Kier molecular flexibility index (Phi) is 5.10. The molecule has 0 aromatic heterocycles. The third-order valence-corrected chi connectivity index (χ3v) is 2.84. The molecule has 0 fully saturated rings. The lowest BCUT2D eigenvalue weighted by atomic mass is 9.99. The Bertz CT molecular complexity index is 400. The SMILES string of the molecule is CC[C@@H](C)c1ccc(NC(=S)NC(C)=O)cc1. The molecule has 92 valence electrons. The molecule has 1 rings (SSSR count). The van der Waals surface area contributed by atoms with E-state index in [1.807, 2.05) is 12.1 Å². The number of benzene rings is 1. The fourth-order valence-corrected chi connectivity index (χ4v) is 1.71. The molecule has 0 heterocycles. The van der Waals surface area contributed by atoms with Crippen LogP contribution < -0.4 is 10.6 Å². The molecule has 0 unspecified atom stereocenters. The number of anilines is 1. The first-order valence-electron chi connectivity index (χ1n) is 5.71. The zero-order chi connectivity index (χ0) is 12.8. The molecular weight excluding hydrogens is 232 g/mol. The van der Waals surface area contributed by atoms with E-state index >= 15 is 0 Å². The quantitative estimate of drug-likeness (QED) is 0.810. The van der Waals surface area contributed by atoms with Crippen molar-refractivity contribution in [3.8, 4) is 0 Å². The Morgan fingerprint density at radius 1 is 1.35 bits per heavy atom. The third-order valence-electron chi connectivity index (χ3n) is 2.64. The van der Waals surface area contributed by atoms with E-state index in [4.69, 9.17) is 12.2 Å². The van der Waals surface area contributed by atoms with Crippen molar-refractivity contribution >= 4 is 28.9 Å². The second-order valence-corrected chi connectivity index (χ2v) is 4.47. The van der Waals surface area contributed by atoms with Crippen molar-refractivity contribution in [3.63, 3.8) is 0 Å². The van der Waals surface area contributed by atoms with Gasteiger partial charge >= 0.3 is 0 Å². The van der Waals surface area contributed by atoms with Gasteiger partial charge in [0, 0.05) is 12.6 Å². The van der Waals surface area contributed by atoms with Crippen LogP contribution in [0.4, 0.5) is 5.69 Å². The maximum absolute atomic E-state index is 10.8.